The maximum atomic E-state index is 11.9. The third-order valence-electron chi connectivity index (χ3n) is 4.31. The Kier molecular flexibility index (Phi) is 6.60. The lowest BCUT2D eigenvalue weighted by Gasteiger charge is -2.27. The molecule has 116 valence electrons. The number of nitrogens with two attached hydrogens (primary N) is 1. The maximum Gasteiger partial charge on any atom is 0.317 e. The number of hydrogen-bond donors (Lipinski definition) is 2. The summed E-state index contributed by atoms with van der Waals surface area (Å²) in [6.07, 6.45) is 9.13. The first-order valence-electron chi connectivity index (χ1n) is 8.15. The molecule has 0 bridgehead atoms. The van der Waals surface area contributed by atoms with Gasteiger partial charge in [-0.3, -0.25) is 0 Å². The van der Waals surface area contributed by atoms with Gasteiger partial charge in [0.1, 0.15) is 0 Å². The lowest BCUT2D eigenvalue weighted by atomic mass is 9.94. The Morgan fingerprint density at radius 2 is 1.85 bits per heavy atom. The molecule has 1 heterocycles. The van der Waals surface area contributed by atoms with Crippen LogP contribution in [0.3, 0.4) is 0 Å². The summed E-state index contributed by atoms with van der Waals surface area (Å²) in [5, 5.41) is 2.98. The molecule has 5 heteroatoms. The number of hydrogen-bond acceptors (Lipinski definition) is 3. The molecule has 3 N–H and O–H groups in total. The van der Waals surface area contributed by atoms with E-state index in [0.29, 0.717) is 18.7 Å². The molecule has 1 aliphatic heterocycles. The van der Waals surface area contributed by atoms with Gasteiger partial charge in [0.05, 0.1) is 6.10 Å². The second kappa shape index (κ2) is 8.47. The van der Waals surface area contributed by atoms with Gasteiger partial charge in [-0.2, -0.15) is 0 Å². The molecule has 2 aliphatic rings. The van der Waals surface area contributed by atoms with Crippen molar-refractivity contribution in [3.63, 3.8) is 0 Å². The fourth-order valence-electron chi connectivity index (χ4n) is 2.98. The molecule has 0 radical (unpaired) electrons. The highest BCUT2D eigenvalue weighted by Crippen LogP contribution is 2.19. The second-order valence-corrected chi connectivity index (χ2v) is 6.04. The minimum absolute atomic E-state index is 0.0911. The predicted molar refractivity (Wildman–Crippen MR) is 79.6 cm³/mol. The first-order chi connectivity index (χ1) is 9.75. The lowest BCUT2D eigenvalue weighted by molar-refractivity contribution is 0.0242. The number of nitrogens with one attached hydrogen (secondary N) is 1. The number of rotatable bonds is 5. The molecule has 20 heavy (non-hydrogen) atoms. The van der Waals surface area contributed by atoms with E-state index >= 15 is 0 Å². The molecular formula is C15H29N3O2. The first-order valence-corrected chi connectivity index (χ1v) is 8.15. The van der Waals surface area contributed by atoms with E-state index in [1.54, 1.807) is 0 Å². The molecule has 0 atom stereocenters. The molecule has 0 aromatic carbocycles. The van der Waals surface area contributed by atoms with Crippen LogP contribution < -0.4 is 11.1 Å². The van der Waals surface area contributed by atoms with Crippen LogP contribution in [-0.4, -0.2) is 49.3 Å². The Morgan fingerprint density at radius 3 is 2.55 bits per heavy atom. The molecule has 0 unspecified atom stereocenters. The van der Waals surface area contributed by atoms with Crippen LogP contribution in [0.1, 0.15) is 51.4 Å². The number of nitrogens with zero attached hydrogens (tertiary/aromatic N) is 1. The van der Waals surface area contributed by atoms with Crippen LogP contribution in [0.5, 0.6) is 0 Å². The van der Waals surface area contributed by atoms with Gasteiger partial charge >= 0.3 is 6.03 Å². The summed E-state index contributed by atoms with van der Waals surface area (Å²) >= 11 is 0. The highest BCUT2D eigenvalue weighted by Gasteiger charge is 2.19. The number of urea groups is 1. The van der Waals surface area contributed by atoms with E-state index in [0.717, 1.165) is 64.6 Å². The average molecular weight is 283 g/mol. The van der Waals surface area contributed by atoms with Gasteiger partial charge in [0.15, 0.2) is 0 Å². The topological polar surface area (TPSA) is 67.6 Å². The van der Waals surface area contributed by atoms with Crippen LogP contribution in [-0.2, 0) is 4.74 Å². The van der Waals surface area contributed by atoms with Crippen molar-refractivity contribution in [1.82, 2.24) is 10.2 Å². The summed E-state index contributed by atoms with van der Waals surface area (Å²) in [5.74, 6) is 0. The third-order valence-corrected chi connectivity index (χ3v) is 4.31. The number of ether oxygens (including phenoxy) is 1. The van der Waals surface area contributed by atoms with Crippen LogP contribution in [0.15, 0.2) is 0 Å². The zero-order chi connectivity index (χ0) is 14.2. The fourth-order valence-corrected chi connectivity index (χ4v) is 2.98. The van der Waals surface area contributed by atoms with Crippen molar-refractivity contribution in [2.75, 3.05) is 26.2 Å². The Morgan fingerprint density at radius 1 is 1.15 bits per heavy atom. The van der Waals surface area contributed by atoms with Crippen molar-refractivity contribution in [3.8, 4) is 0 Å². The largest absolute Gasteiger partial charge is 0.378 e. The normalized spacial score (nSPS) is 27.4. The molecule has 0 aromatic heterocycles. The Balaban J connectivity index is 1.47. The van der Waals surface area contributed by atoms with Gasteiger partial charge in [0, 0.05) is 32.3 Å². The standard InChI is InChI=1S/C15H29N3O2/c16-13-5-7-14(8-6-13)20-12-4-9-17-15(19)18-10-2-1-3-11-18/h13-14H,1-12,16H2,(H,17,19). The quantitative estimate of drug-likeness (QED) is 0.757. The van der Waals surface area contributed by atoms with Crippen molar-refractivity contribution in [3.05, 3.63) is 0 Å². The van der Waals surface area contributed by atoms with E-state index < -0.39 is 0 Å². The number of amides is 2. The van der Waals surface area contributed by atoms with Crippen LogP contribution in [0.25, 0.3) is 0 Å². The van der Waals surface area contributed by atoms with Gasteiger partial charge in [-0.25, -0.2) is 4.79 Å². The summed E-state index contributed by atoms with van der Waals surface area (Å²) in [4.78, 5) is 13.8. The molecule has 0 aromatic rings. The predicted octanol–water partition coefficient (Wildman–Crippen LogP) is 1.86. The van der Waals surface area contributed by atoms with E-state index in [4.69, 9.17) is 10.5 Å². The summed E-state index contributed by atoms with van der Waals surface area (Å²) in [7, 11) is 0. The summed E-state index contributed by atoms with van der Waals surface area (Å²) in [6, 6.07) is 0.465. The highest BCUT2D eigenvalue weighted by molar-refractivity contribution is 5.74. The van der Waals surface area contributed by atoms with Gasteiger partial charge < -0.3 is 20.7 Å². The summed E-state index contributed by atoms with van der Waals surface area (Å²) < 4.78 is 5.84. The molecule has 1 saturated heterocycles. The molecule has 2 amide bonds. The van der Waals surface area contributed by atoms with Gasteiger partial charge in [0.2, 0.25) is 0 Å². The Bertz CT molecular complexity index is 285. The number of piperidine rings is 1. The van der Waals surface area contributed by atoms with Gasteiger partial charge in [-0.05, 0) is 51.4 Å². The monoisotopic (exact) mass is 283 g/mol. The Hall–Kier alpha value is -0.810. The van der Waals surface area contributed by atoms with Gasteiger partial charge in [0.25, 0.3) is 0 Å². The molecule has 2 rings (SSSR count). The van der Waals surface area contributed by atoms with E-state index in [1.807, 2.05) is 4.90 Å². The van der Waals surface area contributed by atoms with Crippen molar-refractivity contribution in [2.45, 2.75) is 63.5 Å². The smallest absolute Gasteiger partial charge is 0.317 e. The zero-order valence-electron chi connectivity index (χ0n) is 12.5. The number of carbonyl (C=O) groups is 1. The number of carbonyl (C=O) groups excluding carboxylic acids is 1. The minimum Gasteiger partial charge on any atom is -0.378 e. The molecule has 2 fully saturated rings. The van der Waals surface area contributed by atoms with Crippen molar-refractivity contribution < 1.29 is 9.53 Å². The van der Waals surface area contributed by atoms with E-state index in [2.05, 4.69) is 5.32 Å². The van der Waals surface area contributed by atoms with Crippen LogP contribution in [0.4, 0.5) is 4.79 Å². The first kappa shape index (κ1) is 15.6. The zero-order valence-corrected chi connectivity index (χ0v) is 12.5. The molecule has 5 nitrogen and oxygen atoms in total. The summed E-state index contributed by atoms with van der Waals surface area (Å²) in [5.41, 5.74) is 5.87. The van der Waals surface area contributed by atoms with E-state index in [9.17, 15) is 4.79 Å². The fraction of sp³-hybridized carbons (Fsp3) is 0.933. The molecule has 1 aliphatic carbocycles. The van der Waals surface area contributed by atoms with Crippen molar-refractivity contribution in [1.29, 1.82) is 0 Å². The van der Waals surface area contributed by atoms with Crippen LogP contribution >= 0.6 is 0 Å². The molecular weight excluding hydrogens is 254 g/mol. The maximum absolute atomic E-state index is 11.9. The molecule has 1 saturated carbocycles. The van der Waals surface area contributed by atoms with Crippen LogP contribution in [0, 0.1) is 0 Å². The van der Waals surface area contributed by atoms with Crippen molar-refractivity contribution in [2.24, 2.45) is 5.73 Å². The second-order valence-electron chi connectivity index (χ2n) is 6.04. The number of likely N-dealkylation sites (tertiary alicyclic amines) is 1. The minimum atomic E-state index is 0.0911. The van der Waals surface area contributed by atoms with Crippen molar-refractivity contribution >= 4 is 6.03 Å². The molecule has 0 spiro atoms. The third kappa shape index (κ3) is 5.29. The lowest BCUT2D eigenvalue weighted by Crippen LogP contribution is -2.43. The average Bonchev–Trinajstić information content (AvgIpc) is 2.49. The van der Waals surface area contributed by atoms with E-state index in [1.165, 1.54) is 6.42 Å². The SMILES string of the molecule is NC1CCC(OCCCNC(=O)N2CCCCC2)CC1. The van der Waals surface area contributed by atoms with E-state index in [-0.39, 0.29) is 6.03 Å². The van der Waals surface area contributed by atoms with Crippen LogP contribution in [0.2, 0.25) is 0 Å². The summed E-state index contributed by atoms with van der Waals surface area (Å²) in [6.45, 7) is 3.26. The Labute approximate surface area is 122 Å². The van der Waals surface area contributed by atoms with Gasteiger partial charge in [-0.1, -0.05) is 0 Å². The highest BCUT2D eigenvalue weighted by atomic mass is 16.5. The van der Waals surface area contributed by atoms with Gasteiger partial charge in [-0.15, -0.1) is 0 Å².